The first kappa shape index (κ1) is 27.4. The van der Waals surface area contributed by atoms with Gasteiger partial charge in [0.15, 0.2) is 0 Å². The average molecular weight is 573 g/mol. The summed E-state index contributed by atoms with van der Waals surface area (Å²) in [4.78, 5) is 0. The maximum absolute atomic E-state index is 3.90. The van der Waals surface area contributed by atoms with Gasteiger partial charge in [-0.15, -0.1) is 0 Å². The summed E-state index contributed by atoms with van der Waals surface area (Å²) in [7, 11) is 0. The normalized spacial score (nSPS) is 18.9. The lowest BCUT2D eigenvalue weighted by Crippen LogP contribution is -2.29. The third-order valence-corrected chi connectivity index (χ3v) is 8.31. The van der Waals surface area contributed by atoms with Gasteiger partial charge in [0.25, 0.3) is 0 Å². The number of para-hydroxylation sites is 4. The maximum Gasteiger partial charge on any atom is 0.0757 e. The van der Waals surface area contributed by atoms with Gasteiger partial charge in [-0.05, 0) is 70.8 Å². The highest BCUT2D eigenvalue weighted by Crippen LogP contribution is 2.42. The average Bonchev–Trinajstić information content (AvgIpc) is 3.09. The topological polar surface area (TPSA) is 48.1 Å². The molecule has 4 atom stereocenters. The predicted octanol–water partition coefficient (Wildman–Crippen LogP) is 10.0. The van der Waals surface area contributed by atoms with Gasteiger partial charge in [-0.25, -0.2) is 0 Å². The van der Waals surface area contributed by atoms with Crippen molar-refractivity contribution in [3.05, 3.63) is 192 Å². The van der Waals surface area contributed by atoms with Crippen LogP contribution in [-0.4, -0.2) is 0 Å². The minimum Gasteiger partial charge on any atom is -0.376 e. The number of hydrogen-bond donors (Lipinski definition) is 4. The SMILES string of the molecule is c1ccc(NC2c3cccc(c3)C(Nc3ccccc3)C(Nc3ccccc3)c3cccc(c3)C2Nc2ccccc2)cc1. The minimum atomic E-state index is -0.0520. The minimum absolute atomic E-state index is 0.0520. The smallest absolute Gasteiger partial charge is 0.0757 e. The summed E-state index contributed by atoms with van der Waals surface area (Å²) in [6, 6.07) is 59.9. The lowest BCUT2D eigenvalue weighted by atomic mass is 9.84. The summed E-state index contributed by atoms with van der Waals surface area (Å²) < 4.78 is 0. The van der Waals surface area contributed by atoms with Crippen molar-refractivity contribution in [3.8, 4) is 0 Å². The fraction of sp³-hybridized carbons (Fsp3) is 0.100. The molecule has 0 aliphatic heterocycles. The summed E-state index contributed by atoms with van der Waals surface area (Å²) in [6.45, 7) is 0. The predicted molar refractivity (Wildman–Crippen MR) is 184 cm³/mol. The zero-order valence-corrected chi connectivity index (χ0v) is 24.5. The monoisotopic (exact) mass is 572 g/mol. The number of fused-ring (bicyclic) bond motifs is 4. The summed E-state index contributed by atoms with van der Waals surface area (Å²) in [5.74, 6) is 0. The van der Waals surface area contributed by atoms with Crippen LogP contribution in [0.5, 0.6) is 0 Å². The second-order valence-electron chi connectivity index (χ2n) is 11.3. The van der Waals surface area contributed by atoms with Crippen LogP contribution in [0.1, 0.15) is 46.4 Å². The first-order valence-electron chi connectivity index (χ1n) is 15.3. The third-order valence-electron chi connectivity index (χ3n) is 8.31. The van der Waals surface area contributed by atoms with Gasteiger partial charge >= 0.3 is 0 Å². The second kappa shape index (κ2) is 12.8. The van der Waals surface area contributed by atoms with E-state index in [4.69, 9.17) is 0 Å². The van der Waals surface area contributed by atoms with E-state index in [0.717, 1.165) is 22.7 Å². The Morgan fingerprint density at radius 1 is 0.250 bits per heavy atom. The molecular formula is C40H36N4. The fourth-order valence-electron chi connectivity index (χ4n) is 6.18. The van der Waals surface area contributed by atoms with E-state index in [1.807, 2.05) is 0 Å². The molecule has 6 aromatic carbocycles. The van der Waals surface area contributed by atoms with Gasteiger partial charge in [0.05, 0.1) is 24.2 Å². The van der Waals surface area contributed by atoms with E-state index in [1.165, 1.54) is 22.3 Å². The van der Waals surface area contributed by atoms with Gasteiger partial charge in [-0.3, -0.25) is 0 Å². The Hall–Kier alpha value is -5.48. The standard InChI is InChI=1S/C40H36N4/c1-5-19-33(20-6-1)41-37-29-15-13-17-31(27-29)39(43-35-23-9-3-10-24-35)40(44-36-25-11-4-12-26-36)32-18-14-16-30(28-32)38(37)42-34-21-7-2-8-22-34/h1-28,37-44H. The van der Waals surface area contributed by atoms with E-state index in [1.54, 1.807) is 0 Å². The lowest BCUT2D eigenvalue weighted by molar-refractivity contribution is 0.618. The summed E-state index contributed by atoms with van der Waals surface area (Å²) in [5, 5.41) is 15.6. The van der Waals surface area contributed by atoms with Crippen molar-refractivity contribution in [2.75, 3.05) is 21.3 Å². The Kier molecular flexibility index (Phi) is 7.96. The molecule has 0 aromatic heterocycles. The van der Waals surface area contributed by atoms with Gasteiger partial charge in [0.1, 0.15) is 0 Å². The highest BCUT2D eigenvalue weighted by atomic mass is 15.0. The molecule has 6 aromatic rings. The van der Waals surface area contributed by atoms with Crippen molar-refractivity contribution in [1.29, 1.82) is 0 Å². The molecular weight excluding hydrogens is 536 g/mol. The van der Waals surface area contributed by atoms with Crippen LogP contribution in [0.2, 0.25) is 0 Å². The molecule has 7 rings (SSSR count). The third kappa shape index (κ3) is 6.16. The molecule has 1 aliphatic carbocycles. The number of benzene rings is 6. The van der Waals surface area contributed by atoms with Crippen LogP contribution >= 0.6 is 0 Å². The molecule has 4 N–H and O–H groups in total. The molecule has 0 fully saturated rings. The molecule has 0 radical (unpaired) electrons. The van der Waals surface area contributed by atoms with Crippen LogP contribution in [0, 0.1) is 0 Å². The van der Waals surface area contributed by atoms with E-state index in [9.17, 15) is 0 Å². The van der Waals surface area contributed by atoms with Gasteiger partial charge in [-0.2, -0.15) is 0 Å². The molecule has 0 spiro atoms. The van der Waals surface area contributed by atoms with E-state index in [2.05, 4.69) is 191 Å². The Labute approximate surface area is 259 Å². The van der Waals surface area contributed by atoms with Crippen LogP contribution in [0.4, 0.5) is 22.7 Å². The van der Waals surface area contributed by atoms with E-state index in [0.29, 0.717) is 0 Å². The Balaban J connectivity index is 1.41. The first-order valence-corrected chi connectivity index (χ1v) is 15.3. The highest BCUT2D eigenvalue weighted by Gasteiger charge is 2.32. The summed E-state index contributed by atoms with van der Waals surface area (Å²) in [6.07, 6.45) is 0. The molecule has 4 nitrogen and oxygen atoms in total. The van der Waals surface area contributed by atoms with Crippen molar-refractivity contribution in [2.45, 2.75) is 24.2 Å². The second-order valence-corrected chi connectivity index (χ2v) is 11.3. The molecule has 0 amide bonds. The quantitative estimate of drug-likeness (QED) is 0.147. The van der Waals surface area contributed by atoms with Crippen molar-refractivity contribution in [3.63, 3.8) is 0 Å². The summed E-state index contributed by atoms with van der Waals surface area (Å²) in [5.41, 5.74) is 9.18. The van der Waals surface area contributed by atoms with E-state index >= 15 is 0 Å². The first-order chi connectivity index (χ1) is 21.8. The van der Waals surface area contributed by atoms with Crippen molar-refractivity contribution < 1.29 is 0 Å². The highest BCUT2D eigenvalue weighted by molar-refractivity contribution is 5.56. The zero-order valence-electron chi connectivity index (χ0n) is 24.5. The molecule has 0 saturated heterocycles. The van der Waals surface area contributed by atoms with Crippen molar-refractivity contribution >= 4 is 22.7 Å². The van der Waals surface area contributed by atoms with Gasteiger partial charge in [-0.1, -0.05) is 121 Å². The van der Waals surface area contributed by atoms with E-state index in [-0.39, 0.29) is 24.2 Å². The molecule has 0 heterocycles. The van der Waals surface area contributed by atoms with Crippen LogP contribution in [-0.2, 0) is 0 Å². The van der Waals surface area contributed by atoms with E-state index < -0.39 is 0 Å². The fourth-order valence-corrected chi connectivity index (χ4v) is 6.18. The molecule has 0 saturated carbocycles. The van der Waals surface area contributed by atoms with Crippen LogP contribution < -0.4 is 21.3 Å². The van der Waals surface area contributed by atoms with Gasteiger partial charge < -0.3 is 21.3 Å². The van der Waals surface area contributed by atoms with Crippen LogP contribution in [0.25, 0.3) is 0 Å². The van der Waals surface area contributed by atoms with Crippen LogP contribution in [0.15, 0.2) is 170 Å². The van der Waals surface area contributed by atoms with Crippen LogP contribution in [0.3, 0.4) is 0 Å². The largest absolute Gasteiger partial charge is 0.376 e. The lowest BCUT2D eigenvalue weighted by Gasteiger charge is -2.36. The number of rotatable bonds is 8. The number of hydrogen-bond acceptors (Lipinski definition) is 4. The molecule has 4 heteroatoms. The number of nitrogens with one attached hydrogen (secondary N) is 4. The van der Waals surface area contributed by atoms with Gasteiger partial charge in [0.2, 0.25) is 0 Å². The zero-order chi connectivity index (χ0) is 29.6. The summed E-state index contributed by atoms with van der Waals surface area (Å²) >= 11 is 0. The Morgan fingerprint density at radius 2 is 0.477 bits per heavy atom. The number of anilines is 4. The molecule has 216 valence electrons. The van der Waals surface area contributed by atoms with Gasteiger partial charge in [0, 0.05) is 22.7 Å². The van der Waals surface area contributed by atoms with Crippen molar-refractivity contribution in [1.82, 2.24) is 0 Å². The Bertz CT molecular complexity index is 1510. The Morgan fingerprint density at radius 3 is 0.705 bits per heavy atom. The molecule has 44 heavy (non-hydrogen) atoms. The molecule has 4 bridgehead atoms. The van der Waals surface area contributed by atoms with Crippen molar-refractivity contribution in [2.24, 2.45) is 0 Å². The maximum atomic E-state index is 3.90. The molecule has 4 unspecified atom stereocenters. The molecule has 1 aliphatic rings.